The van der Waals surface area contributed by atoms with Crippen LogP contribution in [0.2, 0.25) is 0 Å². The molecule has 7 nitrogen and oxygen atoms in total. The number of β-amino-alcohol motifs (C(OH)–C–C–N with tert-alkyl or cyclic N) is 1. The summed E-state index contributed by atoms with van der Waals surface area (Å²) in [6.07, 6.45) is 1.18. The van der Waals surface area contributed by atoms with Gasteiger partial charge in [0.25, 0.3) is 0 Å². The van der Waals surface area contributed by atoms with E-state index in [0.717, 1.165) is 32.5 Å². The molecule has 120 valence electrons. The molecule has 21 heavy (non-hydrogen) atoms. The van der Waals surface area contributed by atoms with Gasteiger partial charge in [-0.05, 0) is 19.4 Å². The minimum Gasteiger partial charge on any atom is -0.480 e. The number of carboxylic acids is 1. The molecule has 2 aliphatic heterocycles. The van der Waals surface area contributed by atoms with Crippen LogP contribution in [0.5, 0.6) is 0 Å². The molecule has 0 spiro atoms. The van der Waals surface area contributed by atoms with Gasteiger partial charge in [-0.3, -0.25) is 0 Å². The number of carboxylic acid groups (broad SMARTS) is 1. The number of aliphatic hydroxyl groups excluding tert-OH is 1. The summed E-state index contributed by atoms with van der Waals surface area (Å²) in [5, 5.41) is 18.8. The summed E-state index contributed by atoms with van der Waals surface area (Å²) in [5.74, 6) is -1.05. The Morgan fingerprint density at radius 3 is 2.43 bits per heavy atom. The van der Waals surface area contributed by atoms with Gasteiger partial charge in [-0.25, -0.2) is 9.59 Å². The first kappa shape index (κ1) is 16.0. The third kappa shape index (κ3) is 3.47. The van der Waals surface area contributed by atoms with Gasteiger partial charge >= 0.3 is 12.0 Å². The average molecular weight is 299 g/mol. The highest BCUT2D eigenvalue weighted by molar-refractivity contribution is 5.83. The van der Waals surface area contributed by atoms with E-state index in [4.69, 9.17) is 0 Å². The van der Waals surface area contributed by atoms with Crippen LogP contribution in [0.3, 0.4) is 0 Å². The third-order valence-electron chi connectivity index (χ3n) is 4.66. The second-order valence-corrected chi connectivity index (χ2v) is 5.95. The van der Waals surface area contributed by atoms with Crippen molar-refractivity contribution in [3.8, 4) is 0 Å². The Kier molecular flexibility index (Phi) is 5.05. The Hall–Kier alpha value is -1.34. The normalized spacial score (nSPS) is 27.9. The number of piperidine rings is 1. The fourth-order valence-electron chi connectivity index (χ4n) is 3.24. The number of aliphatic carboxylic acids is 1. The molecule has 0 aliphatic carbocycles. The monoisotopic (exact) mass is 299 g/mol. The van der Waals surface area contributed by atoms with Crippen molar-refractivity contribution in [1.29, 1.82) is 0 Å². The molecule has 2 aliphatic rings. The summed E-state index contributed by atoms with van der Waals surface area (Å²) < 4.78 is 0. The number of carbonyl (C=O) groups is 2. The molecule has 2 saturated heterocycles. The highest BCUT2D eigenvalue weighted by Gasteiger charge is 2.41. The van der Waals surface area contributed by atoms with Gasteiger partial charge in [0.15, 0.2) is 0 Å². The third-order valence-corrected chi connectivity index (χ3v) is 4.66. The van der Waals surface area contributed by atoms with Gasteiger partial charge in [0.2, 0.25) is 0 Å². The molecule has 0 radical (unpaired) electrons. The van der Waals surface area contributed by atoms with Crippen molar-refractivity contribution in [2.45, 2.75) is 44.4 Å². The summed E-state index contributed by atoms with van der Waals surface area (Å²) in [6, 6.07) is -1.05. The van der Waals surface area contributed by atoms with Gasteiger partial charge in [-0.15, -0.1) is 0 Å². The number of rotatable bonds is 3. The maximum atomic E-state index is 12.5. The molecule has 2 amide bonds. The first-order valence-electron chi connectivity index (χ1n) is 7.60. The van der Waals surface area contributed by atoms with Crippen molar-refractivity contribution < 1.29 is 19.8 Å². The van der Waals surface area contributed by atoms with Crippen LogP contribution < -0.4 is 0 Å². The van der Waals surface area contributed by atoms with Crippen molar-refractivity contribution in [1.82, 2.24) is 14.7 Å². The number of urea groups is 1. The Bertz CT molecular complexity index is 396. The molecule has 1 unspecified atom stereocenters. The van der Waals surface area contributed by atoms with Crippen LogP contribution in [0, 0.1) is 0 Å². The lowest BCUT2D eigenvalue weighted by molar-refractivity contribution is -0.141. The van der Waals surface area contributed by atoms with Crippen LogP contribution in [0.15, 0.2) is 0 Å². The van der Waals surface area contributed by atoms with Gasteiger partial charge in [-0.1, -0.05) is 6.92 Å². The number of hydrogen-bond acceptors (Lipinski definition) is 4. The largest absolute Gasteiger partial charge is 0.480 e. The second-order valence-electron chi connectivity index (χ2n) is 5.95. The number of aliphatic hydroxyl groups is 1. The highest BCUT2D eigenvalue weighted by atomic mass is 16.4. The predicted octanol–water partition coefficient (Wildman–Crippen LogP) is 0.0423. The zero-order valence-corrected chi connectivity index (χ0v) is 12.7. The molecule has 7 heteroatoms. The van der Waals surface area contributed by atoms with Crippen molar-refractivity contribution in [3.63, 3.8) is 0 Å². The Morgan fingerprint density at radius 2 is 1.90 bits per heavy atom. The van der Waals surface area contributed by atoms with Gasteiger partial charge < -0.3 is 24.9 Å². The van der Waals surface area contributed by atoms with Gasteiger partial charge in [0.1, 0.15) is 6.04 Å². The quantitative estimate of drug-likeness (QED) is 0.769. The van der Waals surface area contributed by atoms with Crippen molar-refractivity contribution in [3.05, 3.63) is 0 Å². The molecule has 0 aromatic heterocycles. The maximum Gasteiger partial charge on any atom is 0.326 e. The van der Waals surface area contributed by atoms with Crippen LogP contribution >= 0.6 is 0 Å². The van der Waals surface area contributed by atoms with E-state index in [-0.39, 0.29) is 25.0 Å². The first-order valence-corrected chi connectivity index (χ1v) is 7.60. The molecule has 2 rings (SSSR count). The van der Waals surface area contributed by atoms with Crippen LogP contribution in [-0.2, 0) is 4.79 Å². The van der Waals surface area contributed by atoms with Crippen molar-refractivity contribution >= 4 is 12.0 Å². The lowest BCUT2D eigenvalue weighted by atomic mass is 10.0. The molecule has 0 bridgehead atoms. The van der Waals surface area contributed by atoms with E-state index in [1.807, 2.05) is 0 Å². The van der Waals surface area contributed by atoms with Crippen LogP contribution in [0.25, 0.3) is 0 Å². The van der Waals surface area contributed by atoms with Gasteiger partial charge in [0.05, 0.1) is 6.10 Å². The minimum atomic E-state index is -1.05. The summed E-state index contributed by atoms with van der Waals surface area (Å²) in [7, 11) is 1.73. The number of nitrogens with zero attached hydrogens (tertiary/aromatic N) is 3. The standard InChI is InChI=1S/C14H25N3O4/c1-3-16-6-4-10(5-7-16)15(2)14(21)17-9-11(18)8-12(17)13(19)20/h10-12,18H,3-9H2,1-2H3,(H,19,20)/t11?,12-/m0/s1. The zero-order valence-electron chi connectivity index (χ0n) is 12.7. The molecule has 2 N–H and O–H groups in total. The molecule has 0 aromatic carbocycles. The zero-order chi connectivity index (χ0) is 15.6. The van der Waals surface area contributed by atoms with E-state index in [2.05, 4.69) is 11.8 Å². The Balaban J connectivity index is 1.97. The summed E-state index contributed by atoms with van der Waals surface area (Å²) in [5.41, 5.74) is 0. The van der Waals surface area contributed by atoms with E-state index < -0.39 is 18.1 Å². The predicted molar refractivity (Wildman–Crippen MR) is 77.0 cm³/mol. The van der Waals surface area contributed by atoms with Crippen LogP contribution in [-0.4, -0.2) is 88.3 Å². The SMILES string of the molecule is CCN1CCC(N(C)C(=O)N2CC(O)C[C@H]2C(=O)O)CC1. The average Bonchev–Trinajstić information content (AvgIpc) is 2.88. The fourth-order valence-corrected chi connectivity index (χ4v) is 3.24. The van der Waals surface area contributed by atoms with E-state index in [1.165, 1.54) is 4.90 Å². The Labute approximate surface area is 125 Å². The summed E-state index contributed by atoms with van der Waals surface area (Å²) in [6.45, 7) is 5.17. The molecule has 2 fully saturated rings. The minimum absolute atomic E-state index is 0.105. The van der Waals surface area contributed by atoms with Crippen LogP contribution in [0.4, 0.5) is 4.79 Å². The Morgan fingerprint density at radius 1 is 1.29 bits per heavy atom. The number of likely N-dealkylation sites (tertiary alicyclic amines) is 2. The summed E-state index contributed by atoms with van der Waals surface area (Å²) in [4.78, 5) is 29.0. The molecular weight excluding hydrogens is 274 g/mol. The molecule has 2 atom stereocenters. The smallest absolute Gasteiger partial charge is 0.326 e. The fraction of sp³-hybridized carbons (Fsp3) is 0.857. The highest BCUT2D eigenvalue weighted by Crippen LogP contribution is 2.22. The van der Waals surface area contributed by atoms with Crippen molar-refractivity contribution in [2.75, 3.05) is 33.2 Å². The second kappa shape index (κ2) is 6.62. The molecular formula is C14H25N3O4. The van der Waals surface area contributed by atoms with E-state index in [9.17, 15) is 19.8 Å². The lowest BCUT2D eigenvalue weighted by Crippen LogP contribution is -2.52. The number of carbonyl (C=O) groups excluding carboxylic acids is 1. The first-order chi connectivity index (χ1) is 9.93. The molecule has 0 aromatic rings. The lowest BCUT2D eigenvalue weighted by Gasteiger charge is -2.38. The number of hydrogen-bond donors (Lipinski definition) is 2. The number of amides is 2. The van der Waals surface area contributed by atoms with Crippen molar-refractivity contribution in [2.24, 2.45) is 0 Å². The van der Waals surface area contributed by atoms with E-state index >= 15 is 0 Å². The van der Waals surface area contributed by atoms with Gasteiger partial charge in [-0.2, -0.15) is 0 Å². The van der Waals surface area contributed by atoms with Gasteiger partial charge in [0, 0.05) is 39.1 Å². The molecule has 0 saturated carbocycles. The molecule has 2 heterocycles. The summed E-state index contributed by atoms with van der Waals surface area (Å²) >= 11 is 0. The van der Waals surface area contributed by atoms with E-state index in [1.54, 1.807) is 11.9 Å². The van der Waals surface area contributed by atoms with E-state index in [0.29, 0.717) is 0 Å². The maximum absolute atomic E-state index is 12.5. The van der Waals surface area contributed by atoms with Crippen LogP contribution in [0.1, 0.15) is 26.2 Å². The topological polar surface area (TPSA) is 84.3 Å².